The predicted octanol–water partition coefficient (Wildman–Crippen LogP) is 2.80. The summed E-state index contributed by atoms with van der Waals surface area (Å²) in [5.41, 5.74) is 0. The lowest BCUT2D eigenvalue weighted by Crippen LogP contribution is -2.52. The van der Waals surface area contributed by atoms with E-state index < -0.39 is 0 Å². The van der Waals surface area contributed by atoms with Gasteiger partial charge in [0.1, 0.15) is 12.7 Å². The number of nitrogens with zero attached hydrogens (tertiary/aromatic N) is 2. The van der Waals surface area contributed by atoms with E-state index in [1.54, 1.807) is 0 Å². The third kappa shape index (κ3) is 4.27. The Hall–Kier alpha value is -1.75. The zero-order valence-electron chi connectivity index (χ0n) is 15.6. The Morgan fingerprint density at radius 3 is 2.64 bits per heavy atom. The normalized spacial score (nSPS) is 22.1. The number of likely N-dealkylation sites (tertiary alicyclic amines) is 1. The fraction of sp³-hybridized carbons (Fsp3) is 0.650. The van der Waals surface area contributed by atoms with Gasteiger partial charge in [-0.3, -0.25) is 9.69 Å². The zero-order chi connectivity index (χ0) is 17.8. The van der Waals surface area contributed by atoms with E-state index in [0.29, 0.717) is 13.2 Å². The van der Waals surface area contributed by atoms with Crippen LogP contribution >= 0.6 is 0 Å². The highest BCUT2D eigenvalue weighted by molar-refractivity contribution is 5.81. The monoisotopic (exact) mass is 346 g/mol. The van der Waals surface area contributed by atoms with Crippen molar-refractivity contribution in [2.75, 3.05) is 32.8 Å². The average Bonchev–Trinajstić information content (AvgIpc) is 2.65. The van der Waals surface area contributed by atoms with Crippen LogP contribution in [0.1, 0.15) is 33.6 Å². The summed E-state index contributed by atoms with van der Waals surface area (Å²) in [4.78, 5) is 17.1. The topological polar surface area (TPSA) is 42.0 Å². The maximum absolute atomic E-state index is 12.9. The SMILES string of the molecule is CCN(CC1COc2ccccc2O1)C(C)C(=O)N1CCC(C)CC1. The van der Waals surface area contributed by atoms with Gasteiger partial charge in [0.05, 0.1) is 6.04 Å². The number of rotatable bonds is 5. The summed E-state index contributed by atoms with van der Waals surface area (Å²) in [7, 11) is 0. The van der Waals surface area contributed by atoms with E-state index >= 15 is 0 Å². The van der Waals surface area contributed by atoms with Crippen molar-refractivity contribution >= 4 is 5.91 Å². The maximum atomic E-state index is 12.9. The van der Waals surface area contributed by atoms with Crippen molar-refractivity contribution in [2.45, 2.75) is 45.8 Å². The summed E-state index contributed by atoms with van der Waals surface area (Å²) < 4.78 is 11.9. The molecule has 5 heteroatoms. The van der Waals surface area contributed by atoms with Crippen LogP contribution < -0.4 is 9.47 Å². The molecule has 1 saturated heterocycles. The Bertz CT molecular complexity index is 584. The van der Waals surface area contributed by atoms with Crippen LogP contribution in [0.5, 0.6) is 11.5 Å². The first kappa shape index (κ1) is 18.1. The first-order valence-electron chi connectivity index (χ1n) is 9.49. The third-order valence-electron chi connectivity index (χ3n) is 5.41. The van der Waals surface area contributed by atoms with Crippen LogP contribution in [0.2, 0.25) is 0 Å². The van der Waals surface area contributed by atoms with Gasteiger partial charge >= 0.3 is 0 Å². The molecule has 0 aromatic heterocycles. The van der Waals surface area contributed by atoms with Gasteiger partial charge in [0.25, 0.3) is 0 Å². The van der Waals surface area contributed by atoms with Gasteiger partial charge in [-0.05, 0) is 44.4 Å². The predicted molar refractivity (Wildman–Crippen MR) is 98.0 cm³/mol. The molecule has 2 aliphatic rings. The summed E-state index contributed by atoms with van der Waals surface area (Å²) in [6.45, 7) is 10.2. The third-order valence-corrected chi connectivity index (χ3v) is 5.41. The Kier molecular flexibility index (Phi) is 5.84. The molecule has 2 unspecified atom stereocenters. The molecule has 1 aromatic rings. The number of likely N-dealkylation sites (N-methyl/N-ethyl adjacent to an activating group) is 1. The fourth-order valence-corrected chi connectivity index (χ4v) is 3.63. The Morgan fingerprint density at radius 1 is 1.28 bits per heavy atom. The number of hydrogen-bond acceptors (Lipinski definition) is 4. The maximum Gasteiger partial charge on any atom is 0.239 e. The van der Waals surface area contributed by atoms with E-state index in [1.165, 1.54) is 0 Å². The number of benzene rings is 1. The van der Waals surface area contributed by atoms with Crippen LogP contribution in [0, 0.1) is 5.92 Å². The zero-order valence-corrected chi connectivity index (χ0v) is 15.6. The highest BCUT2D eigenvalue weighted by Gasteiger charge is 2.30. The second kappa shape index (κ2) is 8.09. The number of fused-ring (bicyclic) bond motifs is 1. The molecular weight excluding hydrogens is 316 g/mol. The minimum atomic E-state index is -0.126. The molecule has 0 bridgehead atoms. The van der Waals surface area contributed by atoms with Gasteiger partial charge in [-0.25, -0.2) is 0 Å². The molecule has 1 amide bonds. The Morgan fingerprint density at radius 2 is 1.96 bits per heavy atom. The number of amides is 1. The van der Waals surface area contributed by atoms with Crippen LogP contribution in [-0.2, 0) is 4.79 Å². The van der Waals surface area contributed by atoms with Gasteiger partial charge in [0.2, 0.25) is 5.91 Å². The molecule has 0 spiro atoms. The summed E-state index contributed by atoms with van der Waals surface area (Å²) in [5.74, 6) is 2.56. The molecular formula is C20H30N2O3. The van der Waals surface area contributed by atoms with Crippen molar-refractivity contribution in [1.29, 1.82) is 0 Å². The van der Waals surface area contributed by atoms with Gasteiger partial charge in [-0.15, -0.1) is 0 Å². The molecule has 138 valence electrons. The lowest BCUT2D eigenvalue weighted by molar-refractivity contribution is -0.138. The van der Waals surface area contributed by atoms with Crippen molar-refractivity contribution in [3.63, 3.8) is 0 Å². The second-order valence-electron chi connectivity index (χ2n) is 7.27. The fourth-order valence-electron chi connectivity index (χ4n) is 3.63. The number of carbonyl (C=O) groups is 1. The Labute approximate surface area is 150 Å². The van der Waals surface area contributed by atoms with E-state index in [1.807, 2.05) is 36.1 Å². The van der Waals surface area contributed by atoms with Gasteiger partial charge in [-0.1, -0.05) is 26.0 Å². The molecule has 2 heterocycles. The minimum Gasteiger partial charge on any atom is -0.486 e. The first-order valence-corrected chi connectivity index (χ1v) is 9.49. The quantitative estimate of drug-likeness (QED) is 0.822. The highest BCUT2D eigenvalue weighted by Crippen LogP contribution is 2.31. The molecule has 5 nitrogen and oxygen atoms in total. The smallest absolute Gasteiger partial charge is 0.239 e. The van der Waals surface area contributed by atoms with E-state index in [0.717, 1.165) is 49.9 Å². The minimum absolute atomic E-state index is 0.0496. The lowest BCUT2D eigenvalue weighted by atomic mass is 9.98. The van der Waals surface area contributed by atoms with Gasteiger partial charge < -0.3 is 14.4 Å². The number of carbonyl (C=O) groups excluding carboxylic acids is 1. The summed E-state index contributed by atoms with van der Waals surface area (Å²) in [5, 5.41) is 0. The summed E-state index contributed by atoms with van der Waals surface area (Å²) in [6.07, 6.45) is 2.17. The second-order valence-corrected chi connectivity index (χ2v) is 7.27. The van der Waals surface area contributed by atoms with E-state index in [2.05, 4.69) is 18.7 Å². The summed E-state index contributed by atoms with van der Waals surface area (Å²) in [6, 6.07) is 7.62. The molecule has 0 saturated carbocycles. The van der Waals surface area contributed by atoms with Gasteiger partial charge in [0, 0.05) is 19.6 Å². The number of hydrogen-bond donors (Lipinski definition) is 0. The molecule has 25 heavy (non-hydrogen) atoms. The largest absolute Gasteiger partial charge is 0.486 e. The number of para-hydroxylation sites is 2. The number of ether oxygens (including phenoxy) is 2. The molecule has 1 aromatic carbocycles. The van der Waals surface area contributed by atoms with Crippen LogP contribution in [0.15, 0.2) is 24.3 Å². The van der Waals surface area contributed by atoms with E-state index in [9.17, 15) is 4.79 Å². The van der Waals surface area contributed by atoms with Crippen molar-refractivity contribution in [2.24, 2.45) is 5.92 Å². The first-order chi connectivity index (χ1) is 12.1. The average molecular weight is 346 g/mol. The molecule has 2 atom stereocenters. The van der Waals surface area contributed by atoms with E-state index in [-0.39, 0.29) is 18.1 Å². The Balaban J connectivity index is 1.57. The van der Waals surface area contributed by atoms with Crippen LogP contribution in [-0.4, -0.2) is 60.6 Å². The van der Waals surface area contributed by atoms with Crippen molar-refractivity contribution in [3.8, 4) is 11.5 Å². The van der Waals surface area contributed by atoms with Crippen molar-refractivity contribution in [1.82, 2.24) is 9.80 Å². The van der Waals surface area contributed by atoms with Crippen LogP contribution in [0.3, 0.4) is 0 Å². The molecule has 0 radical (unpaired) electrons. The molecule has 3 rings (SSSR count). The lowest BCUT2D eigenvalue weighted by Gasteiger charge is -2.37. The molecule has 0 aliphatic carbocycles. The molecule has 0 N–H and O–H groups in total. The molecule has 2 aliphatic heterocycles. The van der Waals surface area contributed by atoms with Crippen molar-refractivity contribution < 1.29 is 14.3 Å². The highest BCUT2D eigenvalue weighted by atomic mass is 16.6. The van der Waals surface area contributed by atoms with E-state index in [4.69, 9.17) is 9.47 Å². The van der Waals surface area contributed by atoms with Gasteiger partial charge in [0.15, 0.2) is 11.5 Å². The van der Waals surface area contributed by atoms with Crippen LogP contribution in [0.4, 0.5) is 0 Å². The van der Waals surface area contributed by atoms with Crippen molar-refractivity contribution in [3.05, 3.63) is 24.3 Å². The number of piperidine rings is 1. The standard InChI is InChI=1S/C20H30N2O3/c1-4-21(16(3)20(23)22-11-9-15(2)10-12-22)13-17-14-24-18-7-5-6-8-19(18)25-17/h5-8,15-17H,4,9-14H2,1-3H3. The van der Waals surface area contributed by atoms with Crippen LogP contribution in [0.25, 0.3) is 0 Å². The summed E-state index contributed by atoms with van der Waals surface area (Å²) >= 11 is 0. The molecule has 1 fully saturated rings. The van der Waals surface area contributed by atoms with Gasteiger partial charge in [-0.2, -0.15) is 0 Å².